The van der Waals surface area contributed by atoms with Crippen LogP contribution in [0.4, 0.5) is 0 Å². The SMILES string of the molecule is CCCc1ccc2c3cc4c(cc3n(-c3ccccc3)c2c1)c1ccc(CCC)cc1n4-c1nc(C(C)C)nc(C(C)C)n1. The van der Waals surface area contributed by atoms with Gasteiger partial charge in [0, 0.05) is 39.1 Å². The number of fused-ring (bicyclic) bond motifs is 6. The number of aromatic nitrogens is 5. The number of benzene rings is 4. The molecule has 0 bridgehead atoms. The molecule has 0 unspecified atom stereocenters. The summed E-state index contributed by atoms with van der Waals surface area (Å²) < 4.78 is 4.73. The van der Waals surface area contributed by atoms with Gasteiger partial charge < -0.3 is 4.57 Å². The summed E-state index contributed by atoms with van der Waals surface area (Å²) in [6, 6.07) is 29.5. The van der Waals surface area contributed by atoms with E-state index in [2.05, 4.69) is 130 Å². The highest BCUT2D eigenvalue weighted by Crippen LogP contribution is 2.40. The molecule has 0 atom stereocenters. The maximum atomic E-state index is 5.10. The lowest BCUT2D eigenvalue weighted by atomic mass is 10.0. The van der Waals surface area contributed by atoms with E-state index in [1.54, 1.807) is 0 Å². The molecule has 0 saturated carbocycles. The van der Waals surface area contributed by atoms with E-state index in [1.807, 2.05) is 0 Å². The third kappa shape index (κ3) is 4.66. The molecule has 3 aromatic heterocycles. The summed E-state index contributed by atoms with van der Waals surface area (Å²) in [7, 11) is 0. The Labute approximate surface area is 259 Å². The molecule has 0 fully saturated rings. The molecule has 3 heterocycles. The van der Waals surface area contributed by atoms with Crippen LogP contribution in [0.15, 0.2) is 78.9 Å². The second-order valence-electron chi connectivity index (χ2n) is 12.8. The summed E-state index contributed by atoms with van der Waals surface area (Å²) in [6.45, 7) is 13.1. The molecular weight excluding hydrogens is 538 g/mol. The summed E-state index contributed by atoms with van der Waals surface area (Å²) in [5.41, 5.74) is 8.61. The smallest absolute Gasteiger partial charge is 0.238 e. The summed E-state index contributed by atoms with van der Waals surface area (Å²) in [4.78, 5) is 15.1. The van der Waals surface area contributed by atoms with E-state index in [1.165, 1.54) is 49.4 Å². The van der Waals surface area contributed by atoms with Gasteiger partial charge in [-0.3, -0.25) is 4.57 Å². The largest absolute Gasteiger partial charge is 0.309 e. The van der Waals surface area contributed by atoms with Gasteiger partial charge in [-0.25, -0.2) is 4.98 Å². The Hall–Kier alpha value is -4.51. The van der Waals surface area contributed by atoms with Crippen molar-refractivity contribution in [1.29, 1.82) is 0 Å². The van der Waals surface area contributed by atoms with Gasteiger partial charge in [-0.2, -0.15) is 9.97 Å². The average Bonchev–Trinajstić information content (AvgIpc) is 3.51. The zero-order valence-electron chi connectivity index (χ0n) is 26.7. The van der Waals surface area contributed by atoms with Crippen molar-refractivity contribution in [3.05, 3.63) is 102 Å². The maximum Gasteiger partial charge on any atom is 0.238 e. The standard InChI is InChI=1S/C39H41N5/c1-7-12-26-16-18-29-31-23-36-32(22-35(31)43(33(29)20-26)28-14-10-9-11-15-28)30-19-17-27(13-8-2)21-34(30)44(36)39-41-37(24(3)4)40-38(42-39)25(5)6/h9-11,14-25H,7-8,12-13H2,1-6H3. The van der Waals surface area contributed by atoms with Gasteiger partial charge in [0.1, 0.15) is 11.6 Å². The molecule has 5 heteroatoms. The lowest BCUT2D eigenvalue weighted by Crippen LogP contribution is -2.12. The van der Waals surface area contributed by atoms with E-state index in [-0.39, 0.29) is 11.8 Å². The van der Waals surface area contributed by atoms with E-state index in [4.69, 9.17) is 15.0 Å². The minimum atomic E-state index is 0.200. The summed E-state index contributed by atoms with van der Waals surface area (Å²) >= 11 is 0. The van der Waals surface area contributed by atoms with Crippen molar-refractivity contribution in [3.63, 3.8) is 0 Å². The highest BCUT2D eigenvalue weighted by atomic mass is 15.2. The third-order valence-corrected chi connectivity index (χ3v) is 8.76. The normalized spacial score (nSPS) is 12.2. The van der Waals surface area contributed by atoms with Crippen LogP contribution in [0.2, 0.25) is 0 Å². The van der Waals surface area contributed by atoms with Crippen molar-refractivity contribution in [2.75, 3.05) is 0 Å². The predicted octanol–water partition coefficient (Wildman–Crippen LogP) is 10.2. The Morgan fingerprint density at radius 2 is 1.00 bits per heavy atom. The van der Waals surface area contributed by atoms with Crippen LogP contribution in [0.5, 0.6) is 0 Å². The molecule has 44 heavy (non-hydrogen) atoms. The van der Waals surface area contributed by atoms with E-state index in [9.17, 15) is 0 Å². The molecule has 5 nitrogen and oxygen atoms in total. The minimum absolute atomic E-state index is 0.200. The fourth-order valence-corrected chi connectivity index (χ4v) is 6.59. The van der Waals surface area contributed by atoms with Crippen LogP contribution in [0.25, 0.3) is 55.2 Å². The Kier molecular flexibility index (Phi) is 7.20. The monoisotopic (exact) mass is 579 g/mol. The van der Waals surface area contributed by atoms with Gasteiger partial charge >= 0.3 is 0 Å². The highest BCUT2D eigenvalue weighted by Gasteiger charge is 2.22. The Morgan fingerprint density at radius 3 is 1.50 bits per heavy atom. The second-order valence-corrected chi connectivity index (χ2v) is 12.8. The van der Waals surface area contributed by atoms with E-state index in [0.717, 1.165) is 48.4 Å². The van der Waals surface area contributed by atoms with Crippen LogP contribution >= 0.6 is 0 Å². The first-order valence-electron chi connectivity index (χ1n) is 16.2. The van der Waals surface area contributed by atoms with Crippen LogP contribution in [0.3, 0.4) is 0 Å². The number of nitrogens with zero attached hydrogens (tertiary/aromatic N) is 5. The van der Waals surface area contributed by atoms with Gasteiger partial charge in [0.2, 0.25) is 5.95 Å². The zero-order valence-corrected chi connectivity index (χ0v) is 26.7. The number of para-hydroxylation sites is 1. The van der Waals surface area contributed by atoms with Gasteiger partial charge in [0.15, 0.2) is 0 Å². The highest BCUT2D eigenvalue weighted by molar-refractivity contribution is 6.19. The van der Waals surface area contributed by atoms with Crippen LogP contribution in [-0.2, 0) is 12.8 Å². The predicted molar refractivity (Wildman–Crippen MR) is 185 cm³/mol. The molecule has 222 valence electrons. The fraction of sp³-hybridized carbons (Fsp3) is 0.308. The van der Waals surface area contributed by atoms with Gasteiger partial charge in [0.25, 0.3) is 0 Å². The van der Waals surface area contributed by atoms with Gasteiger partial charge in [0.05, 0.1) is 22.1 Å². The van der Waals surface area contributed by atoms with E-state index >= 15 is 0 Å². The molecular formula is C39H41N5. The molecule has 4 aromatic carbocycles. The number of aryl methyl sites for hydroxylation is 2. The topological polar surface area (TPSA) is 48.5 Å². The van der Waals surface area contributed by atoms with Crippen LogP contribution in [-0.4, -0.2) is 24.1 Å². The van der Waals surface area contributed by atoms with Gasteiger partial charge in [-0.1, -0.05) is 96.8 Å². The van der Waals surface area contributed by atoms with E-state index in [0.29, 0.717) is 5.95 Å². The molecule has 0 radical (unpaired) electrons. The van der Waals surface area contributed by atoms with Gasteiger partial charge in [-0.05, 0) is 60.4 Å². The molecule has 0 aliphatic heterocycles. The number of hydrogen-bond acceptors (Lipinski definition) is 3. The summed E-state index contributed by atoms with van der Waals surface area (Å²) in [6.07, 6.45) is 4.33. The summed E-state index contributed by atoms with van der Waals surface area (Å²) in [5, 5.41) is 4.92. The van der Waals surface area contributed by atoms with Gasteiger partial charge in [-0.15, -0.1) is 0 Å². The summed E-state index contributed by atoms with van der Waals surface area (Å²) in [5.74, 6) is 2.78. The fourth-order valence-electron chi connectivity index (χ4n) is 6.59. The number of rotatable bonds is 8. The first kappa shape index (κ1) is 28.3. The van der Waals surface area contributed by atoms with E-state index < -0.39 is 0 Å². The molecule has 0 N–H and O–H groups in total. The number of hydrogen-bond donors (Lipinski definition) is 0. The average molecular weight is 580 g/mol. The van der Waals surface area contributed by atoms with Crippen LogP contribution in [0, 0.1) is 0 Å². The van der Waals surface area contributed by atoms with Crippen molar-refractivity contribution in [2.24, 2.45) is 0 Å². The van der Waals surface area contributed by atoms with Crippen molar-refractivity contribution < 1.29 is 0 Å². The molecule has 0 saturated heterocycles. The van der Waals surface area contributed by atoms with Crippen LogP contribution in [0.1, 0.15) is 89.0 Å². The molecule has 0 amide bonds. The third-order valence-electron chi connectivity index (χ3n) is 8.76. The first-order valence-corrected chi connectivity index (χ1v) is 16.2. The maximum absolute atomic E-state index is 5.10. The van der Waals surface area contributed by atoms with Crippen molar-refractivity contribution in [3.8, 4) is 11.6 Å². The Balaban J connectivity index is 1.63. The first-order chi connectivity index (χ1) is 21.4. The Morgan fingerprint density at radius 1 is 0.523 bits per heavy atom. The van der Waals surface area contributed by atoms with Crippen molar-refractivity contribution >= 4 is 43.6 Å². The Bertz CT molecular complexity index is 2120. The zero-order chi connectivity index (χ0) is 30.5. The lowest BCUT2D eigenvalue weighted by Gasteiger charge is -2.13. The molecule has 0 aliphatic carbocycles. The lowest BCUT2D eigenvalue weighted by molar-refractivity contribution is 0.683. The van der Waals surface area contributed by atoms with Crippen molar-refractivity contribution in [2.45, 2.75) is 79.1 Å². The van der Waals surface area contributed by atoms with Crippen molar-refractivity contribution in [1.82, 2.24) is 24.1 Å². The molecule has 7 rings (SSSR count). The molecule has 0 aliphatic rings. The quantitative estimate of drug-likeness (QED) is 0.180. The molecule has 0 spiro atoms. The second kappa shape index (κ2) is 11.2. The minimum Gasteiger partial charge on any atom is -0.309 e. The van der Waals surface area contributed by atoms with Crippen LogP contribution < -0.4 is 0 Å². The molecule has 7 aromatic rings.